The van der Waals surface area contributed by atoms with Gasteiger partial charge in [0, 0.05) is 0 Å². The van der Waals surface area contributed by atoms with Crippen molar-refractivity contribution in [3.63, 3.8) is 0 Å². The molecule has 0 aromatic rings. The lowest BCUT2D eigenvalue weighted by molar-refractivity contribution is 0.532. The van der Waals surface area contributed by atoms with E-state index in [4.69, 9.17) is 0 Å². The minimum atomic E-state index is 1.15. The Balaban J connectivity index is 1.61. The summed E-state index contributed by atoms with van der Waals surface area (Å²) in [6.45, 7) is 2.29. The SMILES string of the molecule is CCCCCCCCCCCCCCC1CC1. The van der Waals surface area contributed by atoms with Crippen LogP contribution >= 0.6 is 0 Å². The van der Waals surface area contributed by atoms with Crippen LogP contribution in [0, 0.1) is 5.92 Å². The third kappa shape index (κ3) is 10.9. The van der Waals surface area contributed by atoms with Gasteiger partial charge >= 0.3 is 0 Å². The van der Waals surface area contributed by atoms with Gasteiger partial charge in [0.1, 0.15) is 0 Å². The van der Waals surface area contributed by atoms with Gasteiger partial charge in [-0.25, -0.2) is 0 Å². The summed E-state index contributed by atoms with van der Waals surface area (Å²) in [6.07, 6.45) is 22.4. The number of hydrogen-bond donors (Lipinski definition) is 0. The standard InChI is InChI=1S/C17H34/c1-2-3-4-5-6-7-8-9-10-11-12-13-14-17-15-16-17/h17H,2-16H2,1H3. The van der Waals surface area contributed by atoms with Crippen molar-refractivity contribution in [3.8, 4) is 0 Å². The van der Waals surface area contributed by atoms with Crippen molar-refractivity contribution < 1.29 is 0 Å². The summed E-state index contributed by atoms with van der Waals surface area (Å²) in [4.78, 5) is 0. The maximum atomic E-state index is 2.29. The fraction of sp³-hybridized carbons (Fsp3) is 1.00. The molecule has 1 aliphatic rings. The molecule has 0 radical (unpaired) electrons. The average molecular weight is 238 g/mol. The highest BCUT2D eigenvalue weighted by Gasteiger charge is 2.19. The summed E-state index contributed by atoms with van der Waals surface area (Å²) in [5, 5.41) is 0. The smallest absolute Gasteiger partial charge is 0.0414 e. The average Bonchev–Trinajstić information content (AvgIpc) is 3.15. The topological polar surface area (TPSA) is 0 Å². The molecule has 0 saturated heterocycles. The Hall–Kier alpha value is 0. The second-order valence-corrected chi connectivity index (χ2v) is 6.12. The summed E-state index contributed by atoms with van der Waals surface area (Å²) >= 11 is 0. The molecule has 0 bridgehead atoms. The van der Waals surface area contributed by atoms with E-state index in [1.807, 2.05) is 0 Å². The first-order valence-electron chi connectivity index (χ1n) is 8.43. The Morgan fingerprint density at radius 2 is 1.00 bits per heavy atom. The zero-order chi connectivity index (χ0) is 12.2. The molecule has 0 unspecified atom stereocenters. The second-order valence-electron chi connectivity index (χ2n) is 6.12. The molecular formula is C17H34. The molecule has 0 nitrogen and oxygen atoms in total. The zero-order valence-electron chi connectivity index (χ0n) is 12.2. The molecule has 1 fully saturated rings. The van der Waals surface area contributed by atoms with Crippen LogP contribution in [0.2, 0.25) is 0 Å². The molecule has 1 rings (SSSR count). The lowest BCUT2D eigenvalue weighted by Crippen LogP contribution is -1.83. The molecule has 0 N–H and O–H groups in total. The molecule has 0 heterocycles. The van der Waals surface area contributed by atoms with Crippen LogP contribution in [0.15, 0.2) is 0 Å². The normalized spacial score (nSPS) is 15.4. The molecule has 0 spiro atoms. The number of rotatable bonds is 13. The van der Waals surface area contributed by atoms with E-state index in [9.17, 15) is 0 Å². The van der Waals surface area contributed by atoms with E-state index < -0.39 is 0 Å². The summed E-state index contributed by atoms with van der Waals surface area (Å²) in [7, 11) is 0. The van der Waals surface area contributed by atoms with Gasteiger partial charge in [0.2, 0.25) is 0 Å². The van der Waals surface area contributed by atoms with Gasteiger partial charge in [-0.15, -0.1) is 0 Å². The molecule has 0 aromatic carbocycles. The van der Waals surface area contributed by atoms with Crippen LogP contribution in [-0.4, -0.2) is 0 Å². The monoisotopic (exact) mass is 238 g/mol. The van der Waals surface area contributed by atoms with Crippen LogP contribution in [0.4, 0.5) is 0 Å². The van der Waals surface area contributed by atoms with E-state index in [-0.39, 0.29) is 0 Å². The van der Waals surface area contributed by atoms with Crippen LogP contribution in [0.5, 0.6) is 0 Å². The summed E-state index contributed by atoms with van der Waals surface area (Å²) in [5.41, 5.74) is 0. The molecule has 1 aliphatic carbocycles. The number of unbranched alkanes of at least 4 members (excludes halogenated alkanes) is 11. The molecule has 1 saturated carbocycles. The Labute approximate surface area is 110 Å². The van der Waals surface area contributed by atoms with E-state index in [1.54, 1.807) is 0 Å². The van der Waals surface area contributed by atoms with Gasteiger partial charge in [-0.3, -0.25) is 0 Å². The molecule has 0 aromatic heterocycles. The molecule has 0 heteroatoms. The van der Waals surface area contributed by atoms with Gasteiger partial charge in [-0.1, -0.05) is 103 Å². The molecule has 0 aliphatic heterocycles. The third-order valence-electron chi connectivity index (χ3n) is 4.16. The number of hydrogen-bond acceptors (Lipinski definition) is 0. The molecule has 102 valence electrons. The van der Waals surface area contributed by atoms with Gasteiger partial charge < -0.3 is 0 Å². The molecule has 17 heavy (non-hydrogen) atoms. The Kier molecular flexibility index (Phi) is 9.84. The summed E-state index contributed by atoms with van der Waals surface area (Å²) in [6, 6.07) is 0. The molecular weight excluding hydrogens is 204 g/mol. The highest BCUT2D eigenvalue weighted by atomic mass is 14.3. The van der Waals surface area contributed by atoms with E-state index in [1.165, 1.54) is 96.3 Å². The minimum Gasteiger partial charge on any atom is -0.0654 e. The van der Waals surface area contributed by atoms with Crippen molar-refractivity contribution in [2.24, 2.45) is 5.92 Å². The largest absolute Gasteiger partial charge is 0.0654 e. The van der Waals surface area contributed by atoms with Gasteiger partial charge in [-0.05, 0) is 5.92 Å². The Morgan fingerprint density at radius 1 is 0.588 bits per heavy atom. The first-order chi connectivity index (χ1) is 8.43. The second kappa shape index (κ2) is 11.1. The van der Waals surface area contributed by atoms with E-state index in [0.717, 1.165) is 5.92 Å². The maximum Gasteiger partial charge on any atom is -0.0414 e. The highest BCUT2D eigenvalue weighted by Crippen LogP contribution is 2.34. The Bertz CT molecular complexity index is 146. The zero-order valence-corrected chi connectivity index (χ0v) is 12.2. The third-order valence-corrected chi connectivity index (χ3v) is 4.16. The quantitative estimate of drug-likeness (QED) is 0.322. The maximum absolute atomic E-state index is 2.29. The van der Waals surface area contributed by atoms with Gasteiger partial charge in [0.05, 0.1) is 0 Å². The highest BCUT2D eigenvalue weighted by molar-refractivity contribution is 4.72. The predicted molar refractivity (Wildman–Crippen MR) is 78.4 cm³/mol. The van der Waals surface area contributed by atoms with Crippen LogP contribution in [0.1, 0.15) is 103 Å². The van der Waals surface area contributed by atoms with Crippen molar-refractivity contribution in [3.05, 3.63) is 0 Å². The van der Waals surface area contributed by atoms with Crippen LogP contribution in [0.25, 0.3) is 0 Å². The predicted octanol–water partition coefficient (Wildman–Crippen LogP) is 6.49. The molecule has 0 amide bonds. The first kappa shape index (κ1) is 15.1. The first-order valence-corrected chi connectivity index (χ1v) is 8.43. The van der Waals surface area contributed by atoms with Gasteiger partial charge in [-0.2, -0.15) is 0 Å². The fourth-order valence-electron chi connectivity index (χ4n) is 2.68. The van der Waals surface area contributed by atoms with Crippen molar-refractivity contribution in [1.82, 2.24) is 0 Å². The van der Waals surface area contributed by atoms with Crippen molar-refractivity contribution >= 4 is 0 Å². The fourth-order valence-corrected chi connectivity index (χ4v) is 2.68. The van der Waals surface area contributed by atoms with Gasteiger partial charge in [0.25, 0.3) is 0 Å². The van der Waals surface area contributed by atoms with Crippen molar-refractivity contribution in [2.75, 3.05) is 0 Å². The lowest BCUT2D eigenvalue weighted by atomic mass is 10.0. The van der Waals surface area contributed by atoms with Crippen LogP contribution in [-0.2, 0) is 0 Å². The van der Waals surface area contributed by atoms with E-state index in [0.29, 0.717) is 0 Å². The van der Waals surface area contributed by atoms with Crippen molar-refractivity contribution in [2.45, 2.75) is 103 Å². The van der Waals surface area contributed by atoms with Crippen LogP contribution in [0.3, 0.4) is 0 Å². The van der Waals surface area contributed by atoms with Crippen LogP contribution < -0.4 is 0 Å². The van der Waals surface area contributed by atoms with Gasteiger partial charge in [0.15, 0.2) is 0 Å². The summed E-state index contributed by atoms with van der Waals surface area (Å²) in [5.74, 6) is 1.15. The van der Waals surface area contributed by atoms with E-state index >= 15 is 0 Å². The van der Waals surface area contributed by atoms with Crippen molar-refractivity contribution in [1.29, 1.82) is 0 Å². The molecule has 0 atom stereocenters. The van der Waals surface area contributed by atoms with E-state index in [2.05, 4.69) is 6.92 Å². The lowest BCUT2D eigenvalue weighted by Gasteiger charge is -2.02. The summed E-state index contributed by atoms with van der Waals surface area (Å²) < 4.78 is 0. The Morgan fingerprint density at radius 3 is 1.41 bits per heavy atom. The minimum absolute atomic E-state index is 1.15.